The van der Waals surface area contributed by atoms with Gasteiger partial charge in [0, 0.05) is 17.5 Å². The van der Waals surface area contributed by atoms with Crippen LogP contribution in [0.15, 0.2) is 36.4 Å². The molecule has 2 N–H and O–H groups in total. The van der Waals surface area contributed by atoms with Crippen molar-refractivity contribution in [2.75, 3.05) is 34.5 Å². The van der Waals surface area contributed by atoms with Gasteiger partial charge in [-0.3, -0.25) is 0 Å². The minimum Gasteiger partial charge on any atom is -0.493 e. The van der Waals surface area contributed by atoms with Crippen molar-refractivity contribution in [3.05, 3.63) is 53.1 Å². The molecule has 30 heavy (non-hydrogen) atoms. The van der Waals surface area contributed by atoms with Crippen molar-refractivity contribution in [2.24, 2.45) is 5.73 Å². The Balaban J connectivity index is 1.94. The van der Waals surface area contributed by atoms with Crippen LogP contribution in [0.2, 0.25) is 0 Å². The van der Waals surface area contributed by atoms with E-state index in [1.165, 1.54) is 5.56 Å². The lowest BCUT2D eigenvalue weighted by Gasteiger charge is -2.35. The Kier molecular flexibility index (Phi) is 6.91. The summed E-state index contributed by atoms with van der Waals surface area (Å²) in [6.45, 7) is 5.23. The van der Waals surface area contributed by atoms with Gasteiger partial charge in [0.25, 0.3) is 0 Å². The van der Waals surface area contributed by atoms with Crippen molar-refractivity contribution in [3.8, 4) is 17.2 Å². The third-order valence-corrected chi connectivity index (χ3v) is 6.02. The first-order valence-electron chi connectivity index (χ1n) is 10.4. The molecule has 1 aliphatic heterocycles. The molecule has 1 heterocycles. The van der Waals surface area contributed by atoms with E-state index >= 15 is 0 Å². The molecule has 1 saturated heterocycles. The topological polar surface area (TPSA) is 72.2 Å². The summed E-state index contributed by atoms with van der Waals surface area (Å²) in [5.41, 5.74) is 9.55. The molecule has 2 aromatic carbocycles. The number of ether oxygens (including phenoxy) is 5. The second kappa shape index (κ2) is 9.25. The fourth-order valence-corrected chi connectivity index (χ4v) is 4.01. The van der Waals surface area contributed by atoms with Gasteiger partial charge in [-0.1, -0.05) is 36.8 Å². The third kappa shape index (κ3) is 4.26. The van der Waals surface area contributed by atoms with E-state index in [0.717, 1.165) is 17.5 Å². The zero-order valence-electron chi connectivity index (χ0n) is 18.6. The first kappa shape index (κ1) is 22.4. The molecule has 1 aliphatic rings. The Hall–Kier alpha value is -2.28. The van der Waals surface area contributed by atoms with Crippen LogP contribution < -0.4 is 19.9 Å². The van der Waals surface area contributed by atoms with Gasteiger partial charge in [-0.25, -0.2) is 0 Å². The molecular formula is C24H33NO5. The molecule has 6 heteroatoms. The van der Waals surface area contributed by atoms with Crippen molar-refractivity contribution in [1.82, 2.24) is 0 Å². The molecule has 164 valence electrons. The smallest absolute Gasteiger partial charge is 0.203 e. The molecule has 0 aromatic heterocycles. The normalized spacial score (nSPS) is 17.4. The van der Waals surface area contributed by atoms with Gasteiger partial charge in [0.1, 0.15) is 0 Å². The number of hydrogen-bond acceptors (Lipinski definition) is 6. The predicted octanol–water partition coefficient (Wildman–Crippen LogP) is 4.26. The molecule has 0 radical (unpaired) electrons. The average molecular weight is 416 g/mol. The zero-order valence-corrected chi connectivity index (χ0v) is 18.6. The summed E-state index contributed by atoms with van der Waals surface area (Å²) in [6.07, 6.45) is 2.11. The van der Waals surface area contributed by atoms with Crippen LogP contribution in [-0.2, 0) is 20.8 Å². The maximum atomic E-state index is 6.86. The Morgan fingerprint density at radius 3 is 2.00 bits per heavy atom. The van der Waals surface area contributed by atoms with Crippen LogP contribution in [-0.4, -0.2) is 34.5 Å². The second-order valence-electron chi connectivity index (χ2n) is 7.74. The molecule has 1 unspecified atom stereocenters. The highest BCUT2D eigenvalue weighted by molar-refractivity contribution is 5.54. The summed E-state index contributed by atoms with van der Waals surface area (Å²) in [5.74, 6) is 0.770. The average Bonchev–Trinajstić information content (AvgIpc) is 3.27. The fourth-order valence-electron chi connectivity index (χ4n) is 4.01. The number of methoxy groups -OCH3 is 3. The van der Waals surface area contributed by atoms with E-state index < -0.39 is 11.3 Å². The van der Waals surface area contributed by atoms with Gasteiger partial charge in [0.05, 0.1) is 34.5 Å². The summed E-state index contributed by atoms with van der Waals surface area (Å²) in [5, 5.41) is 0. The highest BCUT2D eigenvalue weighted by Crippen LogP contribution is 2.46. The Bertz CT molecular complexity index is 820. The number of aryl methyl sites for hydroxylation is 1. The molecule has 1 atom stereocenters. The molecule has 0 aliphatic carbocycles. The monoisotopic (exact) mass is 415 g/mol. The van der Waals surface area contributed by atoms with Gasteiger partial charge >= 0.3 is 0 Å². The minimum absolute atomic E-state index is 0.476. The SMILES string of the molecule is CCC(N)(CCC1(c2cc(OC)c(OC)c(OC)c2)OCCO1)c1ccc(C)cc1. The van der Waals surface area contributed by atoms with Crippen molar-refractivity contribution in [2.45, 2.75) is 44.4 Å². The second-order valence-corrected chi connectivity index (χ2v) is 7.74. The van der Waals surface area contributed by atoms with Crippen LogP contribution >= 0.6 is 0 Å². The standard InChI is InChI=1S/C24H33NO5/c1-6-23(25,18-9-7-17(2)8-10-18)11-12-24(29-13-14-30-24)19-15-20(26-3)22(28-5)21(16-19)27-4/h7-10,15-16H,6,11-14,25H2,1-5H3. The van der Waals surface area contributed by atoms with Gasteiger partial charge in [-0.15, -0.1) is 0 Å². The highest BCUT2D eigenvalue weighted by Gasteiger charge is 2.42. The van der Waals surface area contributed by atoms with Crippen molar-refractivity contribution in [1.29, 1.82) is 0 Å². The molecule has 0 spiro atoms. The lowest BCUT2D eigenvalue weighted by molar-refractivity contribution is -0.174. The largest absolute Gasteiger partial charge is 0.493 e. The lowest BCUT2D eigenvalue weighted by Crippen LogP contribution is -2.39. The van der Waals surface area contributed by atoms with E-state index in [1.54, 1.807) is 21.3 Å². The predicted molar refractivity (Wildman–Crippen MR) is 116 cm³/mol. The Labute approximate surface area is 179 Å². The number of rotatable bonds is 9. The van der Waals surface area contributed by atoms with E-state index in [1.807, 2.05) is 12.1 Å². The minimum atomic E-state index is -0.905. The lowest BCUT2D eigenvalue weighted by atomic mass is 9.81. The summed E-state index contributed by atoms with van der Waals surface area (Å²) >= 11 is 0. The molecule has 6 nitrogen and oxygen atoms in total. The van der Waals surface area contributed by atoms with Crippen LogP contribution in [0.25, 0.3) is 0 Å². The highest BCUT2D eigenvalue weighted by atomic mass is 16.7. The number of benzene rings is 2. The van der Waals surface area contributed by atoms with Crippen LogP contribution in [0.5, 0.6) is 17.2 Å². The van der Waals surface area contributed by atoms with Crippen LogP contribution in [0, 0.1) is 6.92 Å². The van der Waals surface area contributed by atoms with Crippen LogP contribution in [0.4, 0.5) is 0 Å². The van der Waals surface area contributed by atoms with Gasteiger partial charge in [0.15, 0.2) is 17.3 Å². The molecule has 1 fully saturated rings. The van der Waals surface area contributed by atoms with Crippen LogP contribution in [0.3, 0.4) is 0 Å². The summed E-state index contributed by atoms with van der Waals surface area (Å²) in [4.78, 5) is 0. The summed E-state index contributed by atoms with van der Waals surface area (Å²) in [6, 6.07) is 12.2. The molecule has 2 aromatic rings. The zero-order chi connectivity index (χ0) is 21.8. The van der Waals surface area contributed by atoms with Gasteiger partial charge < -0.3 is 29.4 Å². The maximum Gasteiger partial charge on any atom is 0.203 e. The number of hydrogen-bond donors (Lipinski definition) is 1. The molecule has 0 saturated carbocycles. The first-order valence-corrected chi connectivity index (χ1v) is 10.4. The van der Waals surface area contributed by atoms with E-state index in [4.69, 9.17) is 29.4 Å². The number of nitrogens with two attached hydrogens (primary N) is 1. The van der Waals surface area contributed by atoms with Gasteiger partial charge in [-0.2, -0.15) is 0 Å². The van der Waals surface area contributed by atoms with Crippen molar-refractivity contribution in [3.63, 3.8) is 0 Å². The van der Waals surface area contributed by atoms with E-state index in [9.17, 15) is 0 Å². The Morgan fingerprint density at radius 1 is 0.967 bits per heavy atom. The fraction of sp³-hybridized carbons (Fsp3) is 0.500. The van der Waals surface area contributed by atoms with Crippen LogP contribution in [0.1, 0.15) is 42.9 Å². The van der Waals surface area contributed by atoms with Crippen molar-refractivity contribution < 1.29 is 23.7 Å². The summed E-state index contributed by atoms with van der Waals surface area (Å²) in [7, 11) is 4.79. The first-order chi connectivity index (χ1) is 14.4. The van der Waals surface area contributed by atoms with E-state index in [0.29, 0.717) is 43.3 Å². The molecule has 0 amide bonds. The Morgan fingerprint density at radius 2 is 1.53 bits per heavy atom. The van der Waals surface area contributed by atoms with E-state index in [2.05, 4.69) is 38.1 Å². The van der Waals surface area contributed by atoms with E-state index in [-0.39, 0.29) is 0 Å². The summed E-state index contributed by atoms with van der Waals surface area (Å²) < 4.78 is 28.8. The van der Waals surface area contributed by atoms with Gasteiger partial charge in [0.2, 0.25) is 5.75 Å². The quantitative estimate of drug-likeness (QED) is 0.660. The third-order valence-electron chi connectivity index (χ3n) is 6.02. The van der Waals surface area contributed by atoms with Crippen molar-refractivity contribution >= 4 is 0 Å². The molecular weight excluding hydrogens is 382 g/mol. The maximum absolute atomic E-state index is 6.86. The molecule has 3 rings (SSSR count). The molecule has 0 bridgehead atoms. The van der Waals surface area contributed by atoms with Gasteiger partial charge in [-0.05, 0) is 37.5 Å².